The number of rotatable bonds is 4. The number of hydrazine groups is 1. The number of aliphatic imine (C=N–C) groups is 1. The normalized spacial score (nSPS) is 26.4. The topological polar surface area (TPSA) is 71.7 Å². The second-order valence-electron chi connectivity index (χ2n) is 4.92. The van der Waals surface area contributed by atoms with Crippen molar-refractivity contribution < 1.29 is 4.74 Å². The van der Waals surface area contributed by atoms with E-state index in [0.717, 1.165) is 25.5 Å². The Balaban J connectivity index is 1.68. The molecule has 5 heteroatoms. The predicted molar refractivity (Wildman–Crippen MR) is 68.6 cm³/mol. The molecule has 1 aliphatic carbocycles. The zero-order valence-electron chi connectivity index (χ0n) is 10.5. The summed E-state index contributed by atoms with van der Waals surface area (Å²) in [6, 6.07) is 0.549. The van der Waals surface area contributed by atoms with Gasteiger partial charge in [0.25, 0.3) is 0 Å². The molecule has 0 aromatic carbocycles. The molecule has 17 heavy (non-hydrogen) atoms. The number of guanidine groups is 1. The Morgan fingerprint density at radius 3 is 2.71 bits per heavy atom. The van der Waals surface area contributed by atoms with E-state index in [0.29, 0.717) is 12.1 Å². The lowest BCUT2D eigenvalue weighted by Gasteiger charge is -2.15. The van der Waals surface area contributed by atoms with Crippen molar-refractivity contribution >= 4 is 5.96 Å². The van der Waals surface area contributed by atoms with Gasteiger partial charge < -0.3 is 10.1 Å². The fourth-order valence-electron chi connectivity index (χ4n) is 2.59. The highest BCUT2D eigenvalue weighted by molar-refractivity contribution is 5.79. The SMILES string of the molecule is NNC(=NCCC1CCCO1)NC1CCCC1. The predicted octanol–water partition coefficient (Wildman–Crippen LogP) is 0.907. The summed E-state index contributed by atoms with van der Waals surface area (Å²) in [4.78, 5) is 4.46. The molecule has 1 aliphatic heterocycles. The lowest BCUT2D eigenvalue weighted by atomic mass is 10.2. The standard InChI is InChI=1S/C12H24N4O/c13-16-12(15-10-4-1-2-5-10)14-8-7-11-6-3-9-17-11/h10-11H,1-9,13H2,(H2,14,15,16). The van der Waals surface area contributed by atoms with Crippen LogP contribution >= 0.6 is 0 Å². The van der Waals surface area contributed by atoms with Gasteiger partial charge in [-0.25, -0.2) is 5.84 Å². The Morgan fingerprint density at radius 2 is 2.06 bits per heavy atom. The van der Waals surface area contributed by atoms with Gasteiger partial charge >= 0.3 is 0 Å². The quantitative estimate of drug-likeness (QED) is 0.295. The third kappa shape index (κ3) is 4.16. The van der Waals surface area contributed by atoms with Crippen molar-refractivity contribution in [2.75, 3.05) is 13.2 Å². The summed E-state index contributed by atoms with van der Waals surface area (Å²) in [7, 11) is 0. The van der Waals surface area contributed by atoms with Crippen molar-refractivity contribution in [1.29, 1.82) is 0 Å². The molecule has 1 unspecified atom stereocenters. The van der Waals surface area contributed by atoms with E-state index in [1.165, 1.54) is 38.5 Å². The van der Waals surface area contributed by atoms with Gasteiger partial charge in [0.2, 0.25) is 5.96 Å². The Hall–Kier alpha value is -0.810. The lowest BCUT2D eigenvalue weighted by Crippen LogP contribution is -2.45. The van der Waals surface area contributed by atoms with E-state index in [4.69, 9.17) is 10.6 Å². The van der Waals surface area contributed by atoms with E-state index in [1.807, 2.05) is 0 Å². The first kappa shape index (κ1) is 12.6. The summed E-state index contributed by atoms with van der Waals surface area (Å²) in [5.74, 6) is 6.20. The highest BCUT2D eigenvalue weighted by atomic mass is 16.5. The third-order valence-electron chi connectivity index (χ3n) is 3.58. The van der Waals surface area contributed by atoms with Gasteiger partial charge in [-0.2, -0.15) is 0 Å². The molecule has 1 saturated heterocycles. The van der Waals surface area contributed by atoms with Crippen LogP contribution in [-0.2, 0) is 4.74 Å². The van der Waals surface area contributed by atoms with E-state index in [2.05, 4.69) is 15.7 Å². The molecule has 5 nitrogen and oxygen atoms in total. The number of ether oxygens (including phenoxy) is 1. The summed E-state index contributed by atoms with van der Waals surface area (Å²) in [6.45, 7) is 1.70. The number of hydrogen-bond acceptors (Lipinski definition) is 3. The Kier molecular flexibility index (Phi) is 5.07. The molecule has 98 valence electrons. The highest BCUT2D eigenvalue weighted by Gasteiger charge is 2.16. The van der Waals surface area contributed by atoms with E-state index < -0.39 is 0 Å². The van der Waals surface area contributed by atoms with E-state index in [-0.39, 0.29) is 0 Å². The molecule has 2 rings (SSSR count). The Labute approximate surface area is 103 Å². The van der Waals surface area contributed by atoms with Gasteiger partial charge in [0.1, 0.15) is 0 Å². The molecule has 2 aliphatic rings. The van der Waals surface area contributed by atoms with Crippen LogP contribution in [0.5, 0.6) is 0 Å². The van der Waals surface area contributed by atoms with Crippen molar-refractivity contribution in [3.05, 3.63) is 0 Å². The van der Waals surface area contributed by atoms with Gasteiger partial charge in [-0.1, -0.05) is 12.8 Å². The summed E-state index contributed by atoms with van der Waals surface area (Å²) in [6.07, 6.45) is 8.85. The molecule has 0 bridgehead atoms. The minimum absolute atomic E-state index is 0.407. The van der Waals surface area contributed by atoms with Crippen molar-refractivity contribution in [3.63, 3.8) is 0 Å². The van der Waals surface area contributed by atoms with Gasteiger partial charge in [0.05, 0.1) is 6.10 Å². The summed E-state index contributed by atoms with van der Waals surface area (Å²) in [5.41, 5.74) is 2.65. The second kappa shape index (κ2) is 6.81. The molecule has 0 amide bonds. The number of nitrogens with zero attached hydrogens (tertiary/aromatic N) is 1. The zero-order chi connectivity index (χ0) is 11.9. The number of nitrogens with two attached hydrogens (primary N) is 1. The van der Waals surface area contributed by atoms with Crippen molar-refractivity contribution in [1.82, 2.24) is 10.7 Å². The minimum Gasteiger partial charge on any atom is -0.378 e. The first-order valence-corrected chi connectivity index (χ1v) is 6.77. The summed E-state index contributed by atoms with van der Waals surface area (Å²) < 4.78 is 5.56. The molecule has 0 aromatic heterocycles. The fourth-order valence-corrected chi connectivity index (χ4v) is 2.59. The van der Waals surface area contributed by atoms with Crippen LogP contribution in [0, 0.1) is 0 Å². The minimum atomic E-state index is 0.407. The van der Waals surface area contributed by atoms with Crippen LogP contribution in [0.4, 0.5) is 0 Å². The third-order valence-corrected chi connectivity index (χ3v) is 3.58. The molecule has 0 radical (unpaired) electrons. The van der Waals surface area contributed by atoms with Gasteiger partial charge in [-0.15, -0.1) is 0 Å². The maximum Gasteiger partial charge on any atom is 0.205 e. The molecular weight excluding hydrogens is 216 g/mol. The smallest absolute Gasteiger partial charge is 0.205 e. The molecule has 1 saturated carbocycles. The lowest BCUT2D eigenvalue weighted by molar-refractivity contribution is 0.106. The van der Waals surface area contributed by atoms with Gasteiger partial charge in [-0.05, 0) is 32.1 Å². The molecule has 0 aromatic rings. The van der Waals surface area contributed by atoms with Crippen LogP contribution in [0.2, 0.25) is 0 Å². The first-order valence-electron chi connectivity index (χ1n) is 6.77. The average molecular weight is 240 g/mol. The molecule has 1 heterocycles. The van der Waals surface area contributed by atoms with Crippen LogP contribution in [-0.4, -0.2) is 31.3 Å². The van der Waals surface area contributed by atoms with Gasteiger partial charge in [-0.3, -0.25) is 10.4 Å². The molecule has 4 N–H and O–H groups in total. The van der Waals surface area contributed by atoms with Crippen molar-refractivity contribution in [2.45, 2.75) is 57.1 Å². The average Bonchev–Trinajstić information content (AvgIpc) is 3.00. The summed E-state index contributed by atoms with van der Waals surface area (Å²) in [5, 5.41) is 3.36. The van der Waals surface area contributed by atoms with E-state index in [9.17, 15) is 0 Å². The van der Waals surface area contributed by atoms with Gasteiger partial charge in [0.15, 0.2) is 0 Å². The summed E-state index contributed by atoms with van der Waals surface area (Å²) >= 11 is 0. The van der Waals surface area contributed by atoms with Gasteiger partial charge in [0, 0.05) is 19.2 Å². The van der Waals surface area contributed by atoms with Crippen LogP contribution in [0.3, 0.4) is 0 Å². The van der Waals surface area contributed by atoms with Crippen molar-refractivity contribution in [2.24, 2.45) is 10.8 Å². The van der Waals surface area contributed by atoms with Crippen LogP contribution in [0.25, 0.3) is 0 Å². The van der Waals surface area contributed by atoms with Crippen molar-refractivity contribution in [3.8, 4) is 0 Å². The van der Waals surface area contributed by atoms with Crippen LogP contribution < -0.4 is 16.6 Å². The molecule has 0 spiro atoms. The maximum absolute atomic E-state index is 5.56. The Morgan fingerprint density at radius 1 is 1.24 bits per heavy atom. The Bertz CT molecular complexity index is 245. The molecule has 1 atom stereocenters. The molecular formula is C12H24N4O. The largest absolute Gasteiger partial charge is 0.378 e. The highest BCUT2D eigenvalue weighted by Crippen LogP contribution is 2.17. The zero-order valence-corrected chi connectivity index (χ0v) is 10.5. The van der Waals surface area contributed by atoms with E-state index >= 15 is 0 Å². The molecule has 2 fully saturated rings. The van der Waals surface area contributed by atoms with Crippen LogP contribution in [0.1, 0.15) is 44.9 Å². The first-order chi connectivity index (χ1) is 8.38. The maximum atomic E-state index is 5.56. The second-order valence-corrected chi connectivity index (χ2v) is 4.92. The fraction of sp³-hybridized carbons (Fsp3) is 0.917. The number of nitrogens with one attached hydrogen (secondary N) is 2. The number of hydrogen-bond donors (Lipinski definition) is 3. The monoisotopic (exact) mass is 240 g/mol. The van der Waals surface area contributed by atoms with E-state index in [1.54, 1.807) is 0 Å². The van der Waals surface area contributed by atoms with Crippen LogP contribution in [0.15, 0.2) is 4.99 Å².